The van der Waals surface area contributed by atoms with Crippen LogP contribution in [-0.2, 0) is 0 Å². The molecule has 0 saturated carbocycles. The molecule has 1 fully saturated rings. The summed E-state index contributed by atoms with van der Waals surface area (Å²) >= 11 is 0. The van der Waals surface area contributed by atoms with Gasteiger partial charge in [-0.3, -0.25) is 9.78 Å². The quantitative estimate of drug-likeness (QED) is 0.779. The standard InChI is InChI=1S/C11H16N4O/c1-15(9-3-2-4-12-7-9)11(16)10-8-13-5-6-14-10/h5-6,8-9,12H,2-4,7H2,1H3/t9-/m0/s1. The summed E-state index contributed by atoms with van der Waals surface area (Å²) < 4.78 is 0. The fourth-order valence-corrected chi connectivity index (χ4v) is 1.92. The zero-order valence-electron chi connectivity index (χ0n) is 9.39. The van der Waals surface area contributed by atoms with Crippen LogP contribution in [0.4, 0.5) is 0 Å². The van der Waals surface area contributed by atoms with E-state index in [1.165, 1.54) is 6.20 Å². The van der Waals surface area contributed by atoms with Crippen molar-refractivity contribution in [1.82, 2.24) is 20.2 Å². The van der Waals surface area contributed by atoms with E-state index in [2.05, 4.69) is 15.3 Å². The Balaban J connectivity index is 2.04. The van der Waals surface area contributed by atoms with Crippen molar-refractivity contribution in [3.8, 4) is 0 Å². The van der Waals surface area contributed by atoms with E-state index >= 15 is 0 Å². The van der Waals surface area contributed by atoms with Gasteiger partial charge in [0, 0.05) is 32.0 Å². The SMILES string of the molecule is CN(C(=O)c1cnccn1)[C@H]1CCCNC1. The number of hydrogen-bond donors (Lipinski definition) is 1. The molecule has 0 bridgehead atoms. The van der Waals surface area contributed by atoms with Crippen LogP contribution in [0.2, 0.25) is 0 Å². The highest BCUT2D eigenvalue weighted by molar-refractivity contribution is 5.92. The third-order valence-corrected chi connectivity index (χ3v) is 2.92. The van der Waals surface area contributed by atoms with Gasteiger partial charge in [0.05, 0.1) is 6.20 Å². The van der Waals surface area contributed by atoms with E-state index in [0.29, 0.717) is 5.69 Å². The lowest BCUT2D eigenvalue weighted by atomic mass is 10.1. The van der Waals surface area contributed by atoms with E-state index in [0.717, 1.165) is 25.9 Å². The predicted octanol–water partition coefficient (Wildman–Crippen LogP) is 0.301. The number of rotatable bonds is 2. The maximum Gasteiger partial charge on any atom is 0.274 e. The van der Waals surface area contributed by atoms with Crippen molar-refractivity contribution in [1.29, 1.82) is 0 Å². The van der Waals surface area contributed by atoms with E-state index in [1.54, 1.807) is 17.3 Å². The minimum absolute atomic E-state index is 0.0539. The van der Waals surface area contributed by atoms with Gasteiger partial charge in [0.1, 0.15) is 5.69 Å². The normalized spacial score (nSPS) is 20.4. The Morgan fingerprint density at radius 3 is 3.06 bits per heavy atom. The third kappa shape index (κ3) is 2.36. The van der Waals surface area contributed by atoms with E-state index in [-0.39, 0.29) is 11.9 Å². The van der Waals surface area contributed by atoms with Gasteiger partial charge in [0.15, 0.2) is 0 Å². The molecule has 1 aliphatic heterocycles. The summed E-state index contributed by atoms with van der Waals surface area (Å²) in [6, 6.07) is 0.267. The van der Waals surface area contributed by atoms with Gasteiger partial charge in [0.25, 0.3) is 5.91 Å². The van der Waals surface area contributed by atoms with Crippen LogP contribution in [0.15, 0.2) is 18.6 Å². The van der Waals surface area contributed by atoms with E-state index in [4.69, 9.17) is 0 Å². The van der Waals surface area contributed by atoms with Crippen LogP contribution in [0, 0.1) is 0 Å². The zero-order valence-corrected chi connectivity index (χ0v) is 9.39. The molecule has 1 aromatic heterocycles. The van der Waals surface area contributed by atoms with Gasteiger partial charge in [-0.2, -0.15) is 0 Å². The van der Waals surface area contributed by atoms with Crippen LogP contribution in [0.1, 0.15) is 23.3 Å². The van der Waals surface area contributed by atoms with Crippen molar-refractivity contribution >= 4 is 5.91 Å². The molecule has 0 aromatic carbocycles. The Morgan fingerprint density at radius 1 is 1.56 bits per heavy atom. The van der Waals surface area contributed by atoms with Gasteiger partial charge in [0.2, 0.25) is 0 Å². The van der Waals surface area contributed by atoms with Crippen molar-refractivity contribution in [2.24, 2.45) is 0 Å². The van der Waals surface area contributed by atoms with Crippen molar-refractivity contribution in [3.05, 3.63) is 24.3 Å². The van der Waals surface area contributed by atoms with E-state index in [9.17, 15) is 4.79 Å². The number of piperidine rings is 1. The Labute approximate surface area is 94.9 Å². The number of amides is 1. The zero-order chi connectivity index (χ0) is 11.4. The molecule has 5 nitrogen and oxygen atoms in total. The molecule has 86 valence electrons. The summed E-state index contributed by atoms with van der Waals surface area (Å²) in [5, 5.41) is 3.29. The minimum Gasteiger partial charge on any atom is -0.336 e. The minimum atomic E-state index is -0.0539. The Kier molecular flexibility index (Phi) is 3.46. The highest BCUT2D eigenvalue weighted by Crippen LogP contribution is 2.10. The van der Waals surface area contributed by atoms with Crippen molar-refractivity contribution in [2.75, 3.05) is 20.1 Å². The molecule has 5 heteroatoms. The van der Waals surface area contributed by atoms with Crippen molar-refractivity contribution in [2.45, 2.75) is 18.9 Å². The molecule has 1 saturated heterocycles. The predicted molar refractivity (Wildman–Crippen MR) is 60.0 cm³/mol. The average molecular weight is 220 g/mol. The fraction of sp³-hybridized carbons (Fsp3) is 0.545. The number of likely N-dealkylation sites (N-methyl/N-ethyl adjacent to an activating group) is 1. The number of hydrogen-bond acceptors (Lipinski definition) is 4. The first-order valence-corrected chi connectivity index (χ1v) is 5.53. The lowest BCUT2D eigenvalue weighted by Crippen LogP contribution is -2.46. The summed E-state index contributed by atoms with van der Waals surface area (Å²) in [5.74, 6) is -0.0539. The van der Waals surface area contributed by atoms with Crippen LogP contribution in [0.25, 0.3) is 0 Å². The molecule has 1 aromatic rings. The smallest absolute Gasteiger partial charge is 0.274 e. The first kappa shape index (κ1) is 11.0. The van der Waals surface area contributed by atoms with Gasteiger partial charge >= 0.3 is 0 Å². The maximum absolute atomic E-state index is 12.0. The molecule has 1 amide bonds. The molecule has 1 atom stereocenters. The fourth-order valence-electron chi connectivity index (χ4n) is 1.92. The summed E-state index contributed by atoms with van der Waals surface area (Å²) in [6.07, 6.45) is 6.78. The van der Waals surface area contributed by atoms with E-state index < -0.39 is 0 Å². The lowest BCUT2D eigenvalue weighted by molar-refractivity contribution is 0.0702. The number of carbonyl (C=O) groups excluding carboxylic acids is 1. The van der Waals surface area contributed by atoms with Crippen LogP contribution in [0.3, 0.4) is 0 Å². The van der Waals surface area contributed by atoms with Gasteiger partial charge in [-0.05, 0) is 19.4 Å². The molecule has 1 N–H and O–H groups in total. The summed E-state index contributed by atoms with van der Waals surface area (Å²) in [6.45, 7) is 1.91. The second-order valence-electron chi connectivity index (χ2n) is 4.01. The molecule has 16 heavy (non-hydrogen) atoms. The molecular weight excluding hydrogens is 204 g/mol. The molecule has 0 unspecified atom stereocenters. The van der Waals surface area contributed by atoms with Crippen LogP contribution in [-0.4, -0.2) is 47.0 Å². The van der Waals surface area contributed by atoms with Crippen LogP contribution >= 0.6 is 0 Å². The second kappa shape index (κ2) is 5.03. The molecule has 0 spiro atoms. The summed E-state index contributed by atoms with van der Waals surface area (Å²) in [7, 11) is 1.83. The van der Waals surface area contributed by atoms with Gasteiger partial charge in [-0.15, -0.1) is 0 Å². The number of nitrogens with one attached hydrogen (secondary N) is 1. The molecule has 0 radical (unpaired) electrons. The largest absolute Gasteiger partial charge is 0.336 e. The number of aromatic nitrogens is 2. The first-order valence-electron chi connectivity index (χ1n) is 5.53. The lowest BCUT2D eigenvalue weighted by Gasteiger charge is -2.31. The summed E-state index contributed by atoms with van der Waals surface area (Å²) in [5.41, 5.74) is 0.413. The number of carbonyl (C=O) groups is 1. The second-order valence-corrected chi connectivity index (χ2v) is 4.01. The summed E-state index contributed by atoms with van der Waals surface area (Å²) in [4.78, 5) is 21.7. The topological polar surface area (TPSA) is 58.1 Å². The van der Waals surface area contributed by atoms with E-state index in [1.807, 2.05) is 7.05 Å². The monoisotopic (exact) mass is 220 g/mol. The number of nitrogens with zero attached hydrogens (tertiary/aromatic N) is 3. The Bertz CT molecular complexity index is 348. The molecule has 0 aliphatic carbocycles. The molecular formula is C11H16N4O. The highest BCUT2D eigenvalue weighted by atomic mass is 16.2. The van der Waals surface area contributed by atoms with Gasteiger partial charge in [-0.1, -0.05) is 0 Å². The molecule has 1 aliphatic rings. The van der Waals surface area contributed by atoms with Crippen LogP contribution < -0.4 is 5.32 Å². The molecule has 2 heterocycles. The average Bonchev–Trinajstić information content (AvgIpc) is 2.39. The maximum atomic E-state index is 12.0. The van der Waals surface area contributed by atoms with Gasteiger partial charge in [-0.25, -0.2) is 4.98 Å². The Morgan fingerprint density at radius 2 is 2.44 bits per heavy atom. The Hall–Kier alpha value is -1.49. The van der Waals surface area contributed by atoms with Crippen molar-refractivity contribution in [3.63, 3.8) is 0 Å². The highest BCUT2D eigenvalue weighted by Gasteiger charge is 2.23. The van der Waals surface area contributed by atoms with Crippen molar-refractivity contribution < 1.29 is 4.79 Å². The first-order chi connectivity index (χ1) is 7.79. The van der Waals surface area contributed by atoms with Gasteiger partial charge < -0.3 is 10.2 Å². The van der Waals surface area contributed by atoms with Crippen LogP contribution in [0.5, 0.6) is 0 Å². The molecule has 2 rings (SSSR count). The third-order valence-electron chi connectivity index (χ3n) is 2.92.